The quantitative estimate of drug-likeness (QED) is 0.257. The van der Waals surface area contributed by atoms with E-state index in [0.29, 0.717) is 11.3 Å². The third kappa shape index (κ3) is 6.41. The number of hydrogen-bond acceptors (Lipinski definition) is 6. The Morgan fingerprint density at radius 1 is 1.24 bits per heavy atom. The van der Waals surface area contributed by atoms with E-state index in [-0.39, 0.29) is 5.54 Å². The molecule has 6 nitrogen and oxygen atoms in total. The van der Waals surface area contributed by atoms with Crippen molar-refractivity contribution in [3.05, 3.63) is 101 Å². The number of piperidine rings is 1. The number of hydrogen-bond donors (Lipinski definition) is 3. The lowest BCUT2D eigenvalue weighted by Gasteiger charge is -2.41. The Bertz CT molecular complexity index is 1370. The summed E-state index contributed by atoms with van der Waals surface area (Å²) >= 11 is 0. The Kier molecular flexibility index (Phi) is 8.46. The second-order valence-corrected chi connectivity index (χ2v) is 9.89. The molecule has 0 spiro atoms. The molecule has 1 aromatic carbocycles. The lowest BCUT2D eigenvalue weighted by Crippen LogP contribution is -2.51. The number of nitrogens with zero attached hydrogens (tertiary/aromatic N) is 3. The van der Waals surface area contributed by atoms with Crippen LogP contribution in [0.1, 0.15) is 50.7 Å². The predicted octanol–water partition coefficient (Wildman–Crippen LogP) is 5.69. The average molecular weight is 503 g/mol. The summed E-state index contributed by atoms with van der Waals surface area (Å²) in [7, 11) is 0. The molecule has 0 saturated carbocycles. The topological polar surface area (TPSA) is 87.8 Å². The predicted molar refractivity (Wildman–Crippen MR) is 155 cm³/mol. The largest absolute Gasteiger partial charge is 0.373 e. The third-order valence-electron chi connectivity index (χ3n) is 6.91. The molecular weight excluding hydrogens is 468 g/mol. The highest BCUT2D eigenvalue weighted by Crippen LogP contribution is 2.31. The van der Waals surface area contributed by atoms with Crippen LogP contribution in [0.3, 0.4) is 0 Å². The van der Waals surface area contributed by atoms with E-state index < -0.39 is 0 Å². The van der Waals surface area contributed by atoms with E-state index >= 15 is 0 Å². The number of rotatable bonds is 7. The van der Waals surface area contributed by atoms with Crippen LogP contribution in [-0.4, -0.2) is 29.8 Å². The normalized spacial score (nSPS) is 17.4. The van der Waals surface area contributed by atoms with E-state index in [0.717, 1.165) is 78.8 Å². The molecule has 0 radical (unpaired) electrons. The summed E-state index contributed by atoms with van der Waals surface area (Å²) in [5.41, 5.74) is 5.56. The van der Waals surface area contributed by atoms with E-state index in [1.165, 1.54) is 0 Å². The Balaban J connectivity index is 1.42. The Morgan fingerprint density at radius 3 is 2.63 bits per heavy atom. The zero-order valence-corrected chi connectivity index (χ0v) is 22.1. The molecule has 0 atom stereocenters. The van der Waals surface area contributed by atoms with Crippen molar-refractivity contribution < 1.29 is 0 Å². The highest BCUT2D eigenvalue weighted by atomic mass is 15.2. The first-order chi connectivity index (χ1) is 18.4. The summed E-state index contributed by atoms with van der Waals surface area (Å²) in [5, 5.41) is 24.0. The van der Waals surface area contributed by atoms with Crippen LogP contribution in [0.5, 0.6) is 0 Å². The number of benzene rings is 1. The molecular formula is C32H34N6. The molecule has 1 fully saturated rings. The van der Waals surface area contributed by atoms with Crippen molar-refractivity contribution in [2.24, 2.45) is 0 Å². The molecule has 0 bridgehead atoms. The molecule has 2 aliphatic rings. The molecule has 38 heavy (non-hydrogen) atoms. The second kappa shape index (κ2) is 12.1. The van der Waals surface area contributed by atoms with Gasteiger partial charge in [-0.3, -0.25) is 0 Å². The standard InChI is InChI=1S/C32H34N6/c1-4-8-26-19-29(31(36-22-26)28(20-33)21-34)27-13-14-30(35-23-27)38-17-15-32(3,16-18-38)37-24(2)11-12-25-9-6-5-7-10-25/h5-7,9-10,13-14,19-20,22-23,33,36-37H,2,4,8,15-18H2,1,3H3/b31-28+,33-20?. The molecule has 192 valence electrons. The molecule has 6 heteroatoms. The van der Waals surface area contributed by atoms with Gasteiger partial charge in [0, 0.05) is 53.9 Å². The smallest absolute Gasteiger partial charge is 0.128 e. The third-order valence-corrected chi connectivity index (χ3v) is 6.91. The molecule has 1 aromatic heterocycles. The van der Waals surface area contributed by atoms with Crippen LogP contribution < -0.4 is 15.5 Å². The fraction of sp³-hybridized carbons (Fsp3) is 0.281. The van der Waals surface area contributed by atoms with Gasteiger partial charge in [-0.1, -0.05) is 44.0 Å². The van der Waals surface area contributed by atoms with E-state index in [1.54, 1.807) is 0 Å². The number of nitrogens with one attached hydrogen (secondary N) is 3. The van der Waals surface area contributed by atoms with Crippen molar-refractivity contribution in [3.63, 3.8) is 0 Å². The summed E-state index contributed by atoms with van der Waals surface area (Å²) in [6.07, 6.45) is 10.8. The van der Waals surface area contributed by atoms with E-state index in [2.05, 4.69) is 66.0 Å². The average Bonchev–Trinajstić information content (AvgIpc) is 2.94. The van der Waals surface area contributed by atoms with Crippen LogP contribution in [-0.2, 0) is 0 Å². The van der Waals surface area contributed by atoms with Gasteiger partial charge in [-0.25, -0.2) is 4.98 Å². The van der Waals surface area contributed by atoms with Crippen molar-refractivity contribution in [2.75, 3.05) is 18.0 Å². The van der Waals surface area contributed by atoms with Gasteiger partial charge in [-0.15, -0.1) is 0 Å². The number of aromatic nitrogens is 1. The highest BCUT2D eigenvalue weighted by molar-refractivity contribution is 5.93. The Morgan fingerprint density at radius 2 is 2.00 bits per heavy atom. The molecule has 1 saturated heterocycles. The van der Waals surface area contributed by atoms with Gasteiger partial charge in [0.2, 0.25) is 0 Å². The van der Waals surface area contributed by atoms with Gasteiger partial charge >= 0.3 is 0 Å². The number of dihydropyridines is 1. The van der Waals surface area contributed by atoms with Crippen LogP contribution in [0.4, 0.5) is 5.82 Å². The van der Waals surface area contributed by atoms with Crippen molar-refractivity contribution in [1.82, 2.24) is 15.6 Å². The van der Waals surface area contributed by atoms with Crippen molar-refractivity contribution in [1.29, 1.82) is 10.7 Å². The number of anilines is 1. The molecule has 3 heterocycles. The zero-order chi connectivity index (χ0) is 27.0. The fourth-order valence-electron chi connectivity index (χ4n) is 4.74. The summed E-state index contributed by atoms with van der Waals surface area (Å²) in [6.45, 7) is 10.2. The SMILES string of the molecule is C=C(C#Cc1ccccc1)NC1(C)CCN(c2ccc(C3=CC(CCC)=CN/C3=C(/C#N)C=N)cn2)CC1. The monoisotopic (exact) mass is 502 g/mol. The molecule has 0 aliphatic carbocycles. The maximum Gasteiger partial charge on any atom is 0.128 e. The number of allylic oxidation sites excluding steroid dienone is 5. The summed E-state index contributed by atoms with van der Waals surface area (Å²) < 4.78 is 0. The summed E-state index contributed by atoms with van der Waals surface area (Å²) in [6, 6.07) is 16.2. The summed E-state index contributed by atoms with van der Waals surface area (Å²) in [4.78, 5) is 7.08. The first-order valence-corrected chi connectivity index (χ1v) is 13.0. The van der Waals surface area contributed by atoms with Crippen molar-refractivity contribution >= 4 is 17.6 Å². The Hall–Kier alpha value is -4.55. The minimum atomic E-state index is -0.0698. The van der Waals surface area contributed by atoms with Crippen LogP contribution in [0.2, 0.25) is 0 Å². The Labute approximate surface area is 226 Å². The van der Waals surface area contributed by atoms with Crippen LogP contribution >= 0.6 is 0 Å². The lowest BCUT2D eigenvalue weighted by atomic mass is 9.89. The zero-order valence-electron chi connectivity index (χ0n) is 22.1. The van der Waals surface area contributed by atoms with Crippen LogP contribution in [0, 0.1) is 28.6 Å². The number of pyridine rings is 1. The van der Waals surface area contributed by atoms with Gasteiger partial charge in [0.25, 0.3) is 0 Å². The molecule has 2 aromatic rings. The summed E-state index contributed by atoms with van der Waals surface area (Å²) in [5.74, 6) is 7.25. The van der Waals surface area contributed by atoms with Gasteiger partial charge in [-0.2, -0.15) is 5.26 Å². The van der Waals surface area contributed by atoms with E-state index in [4.69, 9.17) is 10.4 Å². The van der Waals surface area contributed by atoms with E-state index in [1.807, 2.05) is 48.8 Å². The van der Waals surface area contributed by atoms with Gasteiger partial charge in [-0.05, 0) is 68.0 Å². The first-order valence-electron chi connectivity index (χ1n) is 13.0. The van der Waals surface area contributed by atoms with Crippen molar-refractivity contribution in [3.8, 4) is 17.9 Å². The van der Waals surface area contributed by atoms with Gasteiger partial charge in [0.15, 0.2) is 0 Å². The van der Waals surface area contributed by atoms with Gasteiger partial charge in [0.1, 0.15) is 11.9 Å². The lowest BCUT2D eigenvalue weighted by molar-refractivity contribution is 0.311. The van der Waals surface area contributed by atoms with Crippen molar-refractivity contribution in [2.45, 2.75) is 45.1 Å². The van der Waals surface area contributed by atoms with Crippen LogP contribution in [0.25, 0.3) is 5.57 Å². The first kappa shape index (κ1) is 26.5. The minimum absolute atomic E-state index is 0.0698. The minimum Gasteiger partial charge on any atom is -0.373 e. The fourth-order valence-corrected chi connectivity index (χ4v) is 4.74. The second-order valence-electron chi connectivity index (χ2n) is 9.89. The maximum absolute atomic E-state index is 9.52. The molecule has 2 aliphatic heterocycles. The van der Waals surface area contributed by atoms with E-state index in [9.17, 15) is 5.26 Å². The van der Waals surface area contributed by atoms with Gasteiger partial charge in [0.05, 0.1) is 17.0 Å². The molecule has 0 unspecified atom stereocenters. The maximum atomic E-state index is 9.52. The molecule has 4 rings (SSSR count). The van der Waals surface area contributed by atoms with Gasteiger partial charge < -0.3 is 20.9 Å². The molecule has 0 amide bonds. The van der Waals surface area contributed by atoms with Crippen LogP contribution in [0.15, 0.2) is 90.1 Å². The molecule has 3 N–H and O–H groups in total. The highest BCUT2D eigenvalue weighted by Gasteiger charge is 2.30. The number of nitriles is 1.